The van der Waals surface area contributed by atoms with Crippen LogP contribution >= 0.6 is 0 Å². The maximum atomic E-state index is 13.9. The Morgan fingerprint density at radius 2 is 1.70 bits per heavy atom. The normalized spacial score (nSPS) is 16.6. The molecule has 6 N–H and O–H groups in total. The van der Waals surface area contributed by atoms with E-state index < -0.39 is 18.0 Å². The first-order valence-corrected chi connectivity index (χ1v) is 16.1. The van der Waals surface area contributed by atoms with E-state index in [2.05, 4.69) is 31.7 Å². The molecule has 0 saturated carbocycles. The number of benzene rings is 1. The number of amides is 2. The summed E-state index contributed by atoms with van der Waals surface area (Å²) in [5.74, 6) is -0.769. The Labute approximate surface area is 272 Å². The first-order valence-electron chi connectivity index (χ1n) is 16.1. The number of halogens is 3. The van der Waals surface area contributed by atoms with Gasteiger partial charge < -0.3 is 31.9 Å². The van der Waals surface area contributed by atoms with E-state index in [1.165, 1.54) is 0 Å². The Balaban J connectivity index is 1.25. The monoisotopic (exact) mass is 656 g/mol. The van der Waals surface area contributed by atoms with E-state index in [1.54, 1.807) is 23.1 Å². The highest BCUT2D eigenvalue weighted by Gasteiger charge is 2.40. The lowest BCUT2D eigenvalue weighted by molar-refractivity contribution is -0.144. The molecule has 1 atom stereocenters. The quantitative estimate of drug-likeness (QED) is 0.127. The SMILES string of the molecule is N#Cc1ccc(CCNC(=O)C2CCN2c2cc(N3CCC(CCCC(=O)NCCCCN=C(N)N)CC3)nc(C(F)(F)F)n2)cc1. The molecular weight excluding hydrogens is 613 g/mol. The minimum atomic E-state index is -4.74. The van der Waals surface area contributed by atoms with Crippen molar-refractivity contribution in [3.05, 3.63) is 47.3 Å². The van der Waals surface area contributed by atoms with E-state index in [9.17, 15) is 22.8 Å². The molecule has 0 aliphatic carbocycles. The maximum Gasteiger partial charge on any atom is 0.451 e. The van der Waals surface area contributed by atoms with Crippen molar-refractivity contribution >= 4 is 29.4 Å². The molecule has 254 valence electrons. The van der Waals surface area contributed by atoms with Crippen molar-refractivity contribution in [3.8, 4) is 6.07 Å². The topological polar surface area (TPSA) is 179 Å². The van der Waals surface area contributed by atoms with Gasteiger partial charge in [-0.05, 0) is 75.0 Å². The number of piperidine rings is 1. The number of unbranched alkanes of at least 4 members (excludes halogenated alkanes) is 1. The molecule has 0 bridgehead atoms. The first kappa shape index (κ1) is 35.2. The number of nitrogens with zero attached hydrogens (tertiary/aromatic N) is 6. The molecule has 4 rings (SSSR count). The molecule has 1 unspecified atom stereocenters. The summed E-state index contributed by atoms with van der Waals surface area (Å²) >= 11 is 0. The molecule has 2 amide bonds. The second-order valence-corrected chi connectivity index (χ2v) is 11.9. The zero-order valence-corrected chi connectivity index (χ0v) is 26.4. The van der Waals surface area contributed by atoms with Gasteiger partial charge in [0.05, 0.1) is 11.6 Å². The third kappa shape index (κ3) is 10.7. The number of aromatic nitrogens is 2. The number of nitrogens with one attached hydrogen (secondary N) is 2. The lowest BCUT2D eigenvalue weighted by Gasteiger charge is -2.41. The third-order valence-electron chi connectivity index (χ3n) is 8.52. The van der Waals surface area contributed by atoms with Crippen LogP contribution in [0.15, 0.2) is 35.3 Å². The Morgan fingerprint density at radius 3 is 2.34 bits per heavy atom. The Morgan fingerprint density at radius 1 is 0.979 bits per heavy atom. The number of guanidine groups is 1. The maximum absolute atomic E-state index is 13.9. The van der Waals surface area contributed by atoms with Crippen LogP contribution in [0.3, 0.4) is 0 Å². The van der Waals surface area contributed by atoms with Crippen LogP contribution < -0.4 is 31.9 Å². The van der Waals surface area contributed by atoms with Crippen LogP contribution in [0, 0.1) is 17.2 Å². The van der Waals surface area contributed by atoms with Crippen LogP contribution in [-0.2, 0) is 22.2 Å². The van der Waals surface area contributed by atoms with Crippen molar-refractivity contribution in [2.75, 3.05) is 49.1 Å². The zero-order valence-electron chi connectivity index (χ0n) is 26.4. The van der Waals surface area contributed by atoms with Crippen LogP contribution in [-0.4, -0.2) is 73.1 Å². The van der Waals surface area contributed by atoms with Gasteiger partial charge in [-0.25, -0.2) is 9.97 Å². The van der Waals surface area contributed by atoms with Crippen molar-refractivity contribution in [2.45, 2.75) is 70.0 Å². The molecule has 2 saturated heterocycles. The summed E-state index contributed by atoms with van der Waals surface area (Å²) in [5, 5.41) is 14.7. The van der Waals surface area contributed by atoms with Crippen LogP contribution in [0.5, 0.6) is 0 Å². The van der Waals surface area contributed by atoms with E-state index >= 15 is 0 Å². The summed E-state index contributed by atoms with van der Waals surface area (Å²) in [6, 6.07) is 10.1. The Hall–Kier alpha value is -4.61. The summed E-state index contributed by atoms with van der Waals surface area (Å²) in [5.41, 5.74) is 12.1. The van der Waals surface area contributed by atoms with Crippen LogP contribution in [0.4, 0.5) is 24.8 Å². The standard InChI is InChI=1S/C32H43F3N10O2/c33-32(34,35)30-42-26(44-17-11-22(12-18-44)4-3-5-28(46)39-14-1-2-15-41-31(37)38)20-27(43-30)45-19-13-25(45)29(47)40-16-10-23-6-8-24(21-36)9-7-23/h6-9,20,22,25H,1-5,10-19H2,(H,39,46)(H,40,47)(H4,37,38,41). The number of rotatable bonds is 15. The van der Waals surface area contributed by atoms with Gasteiger partial charge >= 0.3 is 6.18 Å². The van der Waals surface area contributed by atoms with Gasteiger partial charge in [-0.3, -0.25) is 14.6 Å². The first-order chi connectivity index (χ1) is 22.5. The largest absolute Gasteiger partial charge is 0.451 e. The summed E-state index contributed by atoms with van der Waals surface area (Å²) in [6.07, 6.45) is 1.49. The number of nitrogens with two attached hydrogens (primary N) is 2. The smallest absolute Gasteiger partial charge is 0.370 e. The number of alkyl halides is 3. The molecule has 2 fully saturated rings. The van der Waals surface area contributed by atoms with Gasteiger partial charge in [0.15, 0.2) is 5.96 Å². The highest BCUT2D eigenvalue weighted by atomic mass is 19.4. The van der Waals surface area contributed by atoms with Crippen molar-refractivity contribution in [3.63, 3.8) is 0 Å². The fourth-order valence-corrected chi connectivity index (χ4v) is 5.75. The lowest BCUT2D eigenvalue weighted by Crippen LogP contribution is -2.57. The third-order valence-corrected chi connectivity index (χ3v) is 8.52. The van der Waals surface area contributed by atoms with E-state index in [1.807, 2.05) is 17.0 Å². The minimum Gasteiger partial charge on any atom is -0.370 e. The molecule has 2 aliphatic rings. The molecule has 0 radical (unpaired) electrons. The average Bonchev–Trinajstić information content (AvgIpc) is 3.02. The van der Waals surface area contributed by atoms with E-state index in [4.69, 9.17) is 16.7 Å². The molecule has 3 heterocycles. The lowest BCUT2D eigenvalue weighted by atomic mass is 9.91. The van der Waals surface area contributed by atoms with Crippen molar-refractivity contribution in [1.29, 1.82) is 5.26 Å². The van der Waals surface area contributed by atoms with Gasteiger partial charge in [-0.2, -0.15) is 18.4 Å². The van der Waals surface area contributed by atoms with Crippen LogP contribution in [0.1, 0.15) is 68.3 Å². The average molecular weight is 657 g/mol. The molecule has 12 nitrogen and oxygen atoms in total. The summed E-state index contributed by atoms with van der Waals surface area (Å²) in [7, 11) is 0. The molecule has 47 heavy (non-hydrogen) atoms. The second-order valence-electron chi connectivity index (χ2n) is 11.9. The number of hydrogen-bond donors (Lipinski definition) is 4. The number of nitriles is 1. The molecule has 1 aromatic carbocycles. The number of hydrogen-bond acceptors (Lipinski definition) is 8. The van der Waals surface area contributed by atoms with Crippen LogP contribution in [0.25, 0.3) is 0 Å². The number of anilines is 2. The fourth-order valence-electron chi connectivity index (χ4n) is 5.75. The van der Waals surface area contributed by atoms with Gasteiger partial charge in [-0.15, -0.1) is 0 Å². The number of carbonyl (C=O) groups excluding carboxylic acids is 2. The fraction of sp³-hybridized carbons (Fsp3) is 0.562. The summed E-state index contributed by atoms with van der Waals surface area (Å²) < 4.78 is 41.6. The minimum absolute atomic E-state index is 0.00163. The summed E-state index contributed by atoms with van der Waals surface area (Å²) in [4.78, 5) is 40.1. The number of carbonyl (C=O) groups is 2. The van der Waals surface area contributed by atoms with Gasteiger partial charge in [0.2, 0.25) is 17.6 Å². The van der Waals surface area contributed by atoms with Crippen LogP contribution in [0.2, 0.25) is 0 Å². The zero-order chi connectivity index (χ0) is 33.8. The second kappa shape index (κ2) is 16.8. The van der Waals surface area contributed by atoms with Crippen molar-refractivity contribution < 1.29 is 22.8 Å². The Bertz CT molecular complexity index is 1420. The molecule has 2 aliphatic heterocycles. The molecule has 1 aromatic heterocycles. The molecule has 0 spiro atoms. The van der Waals surface area contributed by atoms with Gasteiger partial charge in [0.1, 0.15) is 17.7 Å². The number of aliphatic imine (C=N–C) groups is 1. The van der Waals surface area contributed by atoms with Crippen molar-refractivity contribution in [2.24, 2.45) is 22.4 Å². The van der Waals surface area contributed by atoms with Gasteiger partial charge in [0, 0.05) is 51.8 Å². The predicted octanol–water partition coefficient (Wildman–Crippen LogP) is 2.86. The van der Waals surface area contributed by atoms with Crippen molar-refractivity contribution in [1.82, 2.24) is 20.6 Å². The van der Waals surface area contributed by atoms with Gasteiger partial charge in [-0.1, -0.05) is 12.1 Å². The Kier molecular flexibility index (Phi) is 12.6. The van der Waals surface area contributed by atoms with E-state index in [-0.39, 0.29) is 29.4 Å². The molecule has 2 aromatic rings. The molecular formula is C32H43F3N10O2. The summed E-state index contributed by atoms with van der Waals surface area (Å²) in [6.45, 7) is 2.96. The van der Waals surface area contributed by atoms with E-state index in [0.717, 1.165) is 44.1 Å². The highest BCUT2D eigenvalue weighted by Crippen LogP contribution is 2.34. The molecule has 15 heteroatoms. The van der Waals surface area contributed by atoms with Gasteiger partial charge in [0.25, 0.3) is 0 Å². The predicted molar refractivity (Wildman–Crippen MR) is 172 cm³/mol. The highest BCUT2D eigenvalue weighted by molar-refractivity contribution is 5.86. The van der Waals surface area contributed by atoms with E-state index in [0.29, 0.717) is 70.0 Å².